The molecular weight excluding hydrogens is 284 g/mol. The molecule has 4 nitrogen and oxygen atoms in total. The number of nitrogens with zero attached hydrogens (tertiary/aromatic N) is 3. The lowest BCUT2D eigenvalue weighted by Gasteiger charge is -2.06. The van der Waals surface area contributed by atoms with Gasteiger partial charge in [-0.25, -0.2) is 0 Å². The summed E-state index contributed by atoms with van der Waals surface area (Å²) in [4.78, 5) is 0. The molecule has 3 rings (SSSR count). The highest BCUT2D eigenvalue weighted by Gasteiger charge is 2.20. The van der Waals surface area contributed by atoms with Crippen LogP contribution in [0.1, 0.15) is 43.6 Å². The summed E-state index contributed by atoms with van der Waals surface area (Å²) < 4.78 is 4.21. The molecule has 0 unspecified atom stereocenters. The Kier molecular flexibility index (Phi) is 4.36. The number of halogens is 1. The zero-order valence-corrected chi connectivity index (χ0v) is 13.5. The third-order valence-corrected chi connectivity index (χ3v) is 4.45. The first-order valence-corrected chi connectivity index (χ1v) is 8.21. The molecule has 21 heavy (non-hydrogen) atoms. The molecule has 2 aromatic rings. The van der Waals surface area contributed by atoms with Crippen LogP contribution in [0.5, 0.6) is 0 Å². The van der Waals surface area contributed by atoms with Crippen molar-refractivity contribution >= 4 is 11.6 Å². The van der Waals surface area contributed by atoms with Gasteiger partial charge in [-0.05, 0) is 37.8 Å². The van der Waals surface area contributed by atoms with Gasteiger partial charge in [0.2, 0.25) is 0 Å². The zero-order chi connectivity index (χ0) is 14.8. The van der Waals surface area contributed by atoms with Crippen LogP contribution < -0.4 is 5.32 Å². The van der Waals surface area contributed by atoms with E-state index in [1.807, 2.05) is 4.68 Å². The van der Waals surface area contributed by atoms with Crippen molar-refractivity contribution < 1.29 is 0 Å². The fourth-order valence-electron chi connectivity index (χ4n) is 2.58. The van der Waals surface area contributed by atoms with E-state index in [9.17, 15) is 0 Å². The molecule has 0 saturated heterocycles. The molecule has 1 fully saturated rings. The minimum Gasteiger partial charge on any atom is -0.348 e. The maximum Gasteiger partial charge on any atom is 0.0868 e. The van der Waals surface area contributed by atoms with E-state index in [1.165, 1.54) is 18.4 Å². The summed E-state index contributed by atoms with van der Waals surface area (Å²) in [5, 5.41) is 8.94. The van der Waals surface area contributed by atoms with Crippen molar-refractivity contribution in [1.29, 1.82) is 0 Å². The van der Waals surface area contributed by atoms with Crippen molar-refractivity contribution in [3.63, 3.8) is 0 Å². The van der Waals surface area contributed by atoms with Crippen LogP contribution in [0.2, 0.25) is 5.02 Å². The molecule has 1 saturated carbocycles. The van der Waals surface area contributed by atoms with Crippen LogP contribution in [0.25, 0.3) is 0 Å². The van der Waals surface area contributed by atoms with Gasteiger partial charge in [0.15, 0.2) is 0 Å². The maximum atomic E-state index is 6.47. The second-order valence-electron chi connectivity index (χ2n) is 5.72. The van der Waals surface area contributed by atoms with Gasteiger partial charge in [-0.3, -0.25) is 4.68 Å². The Morgan fingerprint density at radius 1 is 1.38 bits per heavy atom. The van der Waals surface area contributed by atoms with E-state index in [-0.39, 0.29) is 0 Å². The second-order valence-corrected chi connectivity index (χ2v) is 6.10. The number of rotatable bonds is 7. The fraction of sp³-hybridized carbons (Fsp3) is 0.562. The Labute approximate surface area is 131 Å². The fourth-order valence-corrected chi connectivity index (χ4v) is 2.91. The summed E-state index contributed by atoms with van der Waals surface area (Å²) in [5.74, 6) is 0. The quantitative estimate of drug-likeness (QED) is 0.852. The summed E-state index contributed by atoms with van der Waals surface area (Å²) in [5.41, 5.74) is 3.43. The molecule has 114 valence electrons. The highest BCUT2D eigenvalue weighted by Crippen LogP contribution is 2.23. The van der Waals surface area contributed by atoms with Crippen molar-refractivity contribution in [3.05, 3.63) is 40.4 Å². The van der Waals surface area contributed by atoms with Gasteiger partial charge in [-0.2, -0.15) is 5.10 Å². The molecule has 0 bridgehead atoms. The first-order chi connectivity index (χ1) is 10.2. The van der Waals surface area contributed by atoms with E-state index in [1.54, 1.807) is 0 Å². The highest BCUT2D eigenvalue weighted by molar-refractivity contribution is 6.31. The summed E-state index contributed by atoms with van der Waals surface area (Å²) in [7, 11) is 0. The molecule has 5 heteroatoms. The van der Waals surface area contributed by atoms with E-state index in [4.69, 9.17) is 11.6 Å². The summed E-state index contributed by atoms with van der Waals surface area (Å²) in [6.45, 7) is 6.79. The van der Waals surface area contributed by atoms with E-state index in [0.717, 1.165) is 48.5 Å². The molecular formula is C16H23ClN4. The Hall–Kier alpha value is -1.26. The molecule has 2 heterocycles. The third kappa shape index (κ3) is 3.33. The topological polar surface area (TPSA) is 34.8 Å². The molecule has 0 aliphatic heterocycles. The maximum absolute atomic E-state index is 6.47. The van der Waals surface area contributed by atoms with Crippen LogP contribution in [-0.2, 0) is 26.1 Å². The number of aryl methyl sites for hydroxylation is 2. The molecule has 0 amide bonds. The molecule has 1 aliphatic rings. The lowest BCUT2D eigenvalue weighted by Crippen LogP contribution is -2.14. The summed E-state index contributed by atoms with van der Waals surface area (Å²) >= 11 is 6.47. The normalized spacial score (nSPS) is 14.8. The van der Waals surface area contributed by atoms with Gasteiger partial charge in [-0.15, -0.1) is 0 Å². The van der Waals surface area contributed by atoms with Crippen LogP contribution in [-0.4, -0.2) is 20.4 Å². The molecule has 0 aromatic carbocycles. The molecule has 0 spiro atoms. The zero-order valence-electron chi connectivity index (χ0n) is 12.8. The Balaban J connectivity index is 1.71. The van der Waals surface area contributed by atoms with Gasteiger partial charge in [-0.1, -0.05) is 18.5 Å². The molecule has 0 radical (unpaired) electrons. The first kappa shape index (κ1) is 14.7. The molecule has 2 aromatic heterocycles. The first-order valence-electron chi connectivity index (χ1n) is 7.83. The average Bonchev–Trinajstić information content (AvgIpc) is 3.14. The smallest absolute Gasteiger partial charge is 0.0868 e. The Bertz CT molecular complexity index is 610. The van der Waals surface area contributed by atoms with Crippen LogP contribution in [0, 0.1) is 0 Å². The number of nitrogens with one attached hydrogen (secondary N) is 1. The largest absolute Gasteiger partial charge is 0.348 e. The third-order valence-electron chi connectivity index (χ3n) is 4.01. The van der Waals surface area contributed by atoms with E-state index in [2.05, 4.69) is 47.3 Å². The van der Waals surface area contributed by atoms with Crippen molar-refractivity contribution in [3.8, 4) is 0 Å². The SMILES string of the molecule is CCc1nn(CC)c(Cn2ccc(CNC3CC3)c2)c1Cl. The number of hydrogen-bond acceptors (Lipinski definition) is 2. The van der Waals surface area contributed by atoms with Gasteiger partial charge < -0.3 is 9.88 Å². The lowest BCUT2D eigenvalue weighted by molar-refractivity contribution is 0.595. The molecule has 1 N–H and O–H groups in total. The number of hydrogen-bond donors (Lipinski definition) is 1. The van der Waals surface area contributed by atoms with Gasteiger partial charge in [0, 0.05) is 31.5 Å². The highest BCUT2D eigenvalue weighted by atomic mass is 35.5. The predicted molar refractivity (Wildman–Crippen MR) is 85.7 cm³/mol. The van der Waals surface area contributed by atoms with Gasteiger partial charge in [0.05, 0.1) is 23.0 Å². The standard InChI is InChI=1S/C16H23ClN4/c1-3-14-16(17)15(21(4-2)19-14)11-20-8-7-12(10-20)9-18-13-5-6-13/h7-8,10,13,18H,3-6,9,11H2,1-2H3. The van der Waals surface area contributed by atoms with Gasteiger partial charge in [0.25, 0.3) is 0 Å². The monoisotopic (exact) mass is 306 g/mol. The van der Waals surface area contributed by atoms with Crippen molar-refractivity contribution in [2.75, 3.05) is 0 Å². The van der Waals surface area contributed by atoms with Gasteiger partial charge >= 0.3 is 0 Å². The minimum absolute atomic E-state index is 0.747. The van der Waals surface area contributed by atoms with Crippen molar-refractivity contribution in [2.24, 2.45) is 0 Å². The van der Waals surface area contributed by atoms with Crippen molar-refractivity contribution in [2.45, 2.75) is 58.8 Å². The van der Waals surface area contributed by atoms with Crippen molar-refractivity contribution in [1.82, 2.24) is 19.7 Å². The van der Waals surface area contributed by atoms with Crippen LogP contribution in [0.4, 0.5) is 0 Å². The van der Waals surface area contributed by atoms with Crippen LogP contribution >= 0.6 is 11.6 Å². The summed E-state index contributed by atoms with van der Waals surface area (Å²) in [6, 6.07) is 2.92. The van der Waals surface area contributed by atoms with E-state index < -0.39 is 0 Å². The van der Waals surface area contributed by atoms with Crippen LogP contribution in [0.3, 0.4) is 0 Å². The van der Waals surface area contributed by atoms with E-state index in [0.29, 0.717) is 0 Å². The molecule has 0 atom stereocenters. The Morgan fingerprint density at radius 3 is 2.86 bits per heavy atom. The van der Waals surface area contributed by atoms with Crippen LogP contribution in [0.15, 0.2) is 18.5 Å². The second kappa shape index (κ2) is 6.24. The minimum atomic E-state index is 0.747. The average molecular weight is 307 g/mol. The summed E-state index contributed by atoms with van der Waals surface area (Å²) in [6.07, 6.45) is 7.85. The number of aromatic nitrogens is 3. The van der Waals surface area contributed by atoms with Gasteiger partial charge in [0.1, 0.15) is 0 Å². The van der Waals surface area contributed by atoms with E-state index >= 15 is 0 Å². The Morgan fingerprint density at radius 2 is 2.19 bits per heavy atom. The molecule has 1 aliphatic carbocycles. The predicted octanol–water partition coefficient (Wildman–Crippen LogP) is 3.22. The lowest BCUT2D eigenvalue weighted by atomic mass is 10.3.